The number of ether oxygens (including phenoxy) is 1. The molecule has 4 aromatic rings. The standard InChI is InChI=1S/C32H32F4N4O2S/c1-21(30-37-28-8-4-3-7-25(28)31(43)40(30)23-10-12-24(42-2)13-11-23)39(18-17-38-15-5-6-16-38)29(41)20-22-9-14-26(27(33)19-22)32(34,35)36/h3-4,7-14,19,21H,5-6,15-18,20H2,1-2H3. The van der Waals surface area contributed by atoms with Gasteiger partial charge in [-0.1, -0.05) is 30.4 Å². The van der Waals surface area contributed by atoms with Gasteiger partial charge in [0.05, 0.1) is 30.7 Å². The van der Waals surface area contributed by atoms with Crippen molar-refractivity contribution in [2.75, 3.05) is 33.3 Å². The van der Waals surface area contributed by atoms with Crippen LogP contribution in [0, 0.1) is 10.5 Å². The Hall–Kier alpha value is -3.83. The molecule has 1 amide bonds. The molecule has 0 radical (unpaired) electrons. The number of methoxy groups -OCH3 is 1. The van der Waals surface area contributed by atoms with Crippen molar-refractivity contribution in [1.82, 2.24) is 19.4 Å². The van der Waals surface area contributed by atoms with Gasteiger partial charge in [0, 0.05) is 24.2 Å². The summed E-state index contributed by atoms with van der Waals surface area (Å²) >= 11 is 5.96. The lowest BCUT2D eigenvalue weighted by Gasteiger charge is -2.32. The first kappa shape index (κ1) is 30.6. The highest BCUT2D eigenvalue weighted by Gasteiger charge is 2.34. The zero-order valence-corrected chi connectivity index (χ0v) is 24.7. The first-order valence-electron chi connectivity index (χ1n) is 14.1. The van der Waals surface area contributed by atoms with Gasteiger partial charge in [0.1, 0.15) is 22.0 Å². The highest BCUT2D eigenvalue weighted by Crippen LogP contribution is 2.32. The molecule has 0 aliphatic carbocycles. The zero-order valence-electron chi connectivity index (χ0n) is 23.9. The lowest BCUT2D eigenvalue weighted by atomic mass is 10.1. The number of likely N-dealkylation sites (tertiary alicyclic amines) is 1. The molecule has 0 saturated carbocycles. The number of carbonyl (C=O) groups is 1. The van der Waals surface area contributed by atoms with Crippen LogP contribution in [-0.4, -0.2) is 58.5 Å². The molecule has 3 aromatic carbocycles. The summed E-state index contributed by atoms with van der Waals surface area (Å²) in [6.45, 7) is 4.69. The molecule has 226 valence electrons. The largest absolute Gasteiger partial charge is 0.497 e. The lowest BCUT2D eigenvalue weighted by molar-refractivity contribution is -0.140. The molecule has 0 spiro atoms. The normalized spacial score (nSPS) is 14.7. The fourth-order valence-corrected chi connectivity index (χ4v) is 5.89. The number of rotatable bonds is 9. The van der Waals surface area contributed by atoms with Crippen molar-refractivity contribution < 1.29 is 27.1 Å². The van der Waals surface area contributed by atoms with Gasteiger partial charge in [-0.2, -0.15) is 13.2 Å². The lowest BCUT2D eigenvalue weighted by Crippen LogP contribution is -2.41. The molecular weight excluding hydrogens is 580 g/mol. The molecule has 1 unspecified atom stereocenters. The number of para-hydroxylation sites is 1. The third-order valence-electron chi connectivity index (χ3n) is 7.84. The third-order valence-corrected chi connectivity index (χ3v) is 8.25. The van der Waals surface area contributed by atoms with E-state index in [2.05, 4.69) is 4.90 Å². The van der Waals surface area contributed by atoms with Crippen molar-refractivity contribution in [2.45, 2.75) is 38.4 Å². The molecule has 2 heterocycles. The Morgan fingerprint density at radius 3 is 2.42 bits per heavy atom. The summed E-state index contributed by atoms with van der Waals surface area (Å²) in [6.07, 6.45) is -2.92. The van der Waals surface area contributed by atoms with Crippen LogP contribution in [0.25, 0.3) is 16.6 Å². The van der Waals surface area contributed by atoms with Crippen molar-refractivity contribution in [3.8, 4) is 11.4 Å². The van der Waals surface area contributed by atoms with Crippen molar-refractivity contribution in [2.24, 2.45) is 0 Å². The first-order valence-corrected chi connectivity index (χ1v) is 14.5. The summed E-state index contributed by atoms with van der Waals surface area (Å²) in [6, 6.07) is 16.9. The van der Waals surface area contributed by atoms with Crippen LogP contribution in [0.2, 0.25) is 0 Å². The Morgan fingerprint density at radius 1 is 1.07 bits per heavy atom. The smallest absolute Gasteiger partial charge is 0.419 e. The highest BCUT2D eigenvalue weighted by atomic mass is 32.1. The van der Waals surface area contributed by atoms with E-state index < -0.39 is 23.6 Å². The molecule has 0 bridgehead atoms. The molecule has 5 rings (SSSR count). The number of amides is 1. The number of alkyl halides is 3. The molecule has 0 N–H and O–H groups in total. The number of fused-ring (bicyclic) bond motifs is 1. The fraction of sp³-hybridized carbons (Fsp3) is 0.344. The molecule has 1 atom stereocenters. The maximum absolute atomic E-state index is 14.4. The Kier molecular flexibility index (Phi) is 9.12. The second kappa shape index (κ2) is 12.8. The summed E-state index contributed by atoms with van der Waals surface area (Å²) in [4.78, 5) is 22.8. The number of halogens is 4. The Balaban J connectivity index is 1.55. The van der Waals surface area contributed by atoms with E-state index in [0.717, 1.165) is 49.1 Å². The second-order valence-electron chi connectivity index (χ2n) is 10.6. The van der Waals surface area contributed by atoms with Gasteiger partial charge >= 0.3 is 6.18 Å². The average molecular weight is 613 g/mol. The monoisotopic (exact) mass is 612 g/mol. The molecule has 43 heavy (non-hydrogen) atoms. The van der Waals surface area contributed by atoms with Gasteiger partial charge in [-0.05, 0) is 86.9 Å². The van der Waals surface area contributed by atoms with Crippen LogP contribution in [0.5, 0.6) is 5.75 Å². The quantitative estimate of drug-likeness (QED) is 0.149. The van der Waals surface area contributed by atoms with Crippen LogP contribution in [0.15, 0.2) is 66.7 Å². The minimum absolute atomic E-state index is 0.160. The van der Waals surface area contributed by atoms with Gasteiger partial charge in [-0.15, -0.1) is 0 Å². The topological polar surface area (TPSA) is 50.6 Å². The van der Waals surface area contributed by atoms with Crippen LogP contribution < -0.4 is 4.74 Å². The van der Waals surface area contributed by atoms with E-state index in [0.29, 0.717) is 40.9 Å². The van der Waals surface area contributed by atoms with Crippen LogP contribution in [0.3, 0.4) is 0 Å². The van der Waals surface area contributed by atoms with Crippen molar-refractivity contribution in [1.29, 1.82) is 0 Å². The van der Waals surface area contributed by atoms with E-state index in [-0.39, 0.29) is 17.9 Å². The Bertz CT molecular complexity index is 1670. The van der Waals surface area contributed by atoms with Crippen LogP contribution in [0.4, 0.5) is 17.6 Å². The number of hydrogen-bond acceptors (Lipinski definition) is 5. The van der Waals surface area contributed by atoms with Crippen LogP contribution in [-0.2, 0) is 17.4 Å². The molecule has 1 aliphatic rings. The Labute approximate surface area is 252 Å². The summed E-state index contributed by atoms with van der Waals surface area (Å²) in [5.74, 6) is -0.557. The summed E-state index contributed by atoms with van der Waals surface area (Å²) < 4.78 is 61.5. The van der Waals surface area contributed by atoms with E-state index in [1.165, 1.54) is 0 Å². The van der Waals surface area contributed by atoms with Gasteiger partial charge in [0.2, 0.25) is 5.91 Å². The molecule has 6 nitrogen and oxygen atoms in total. The van der Waals surface area contributed by atoms with Crippen molar-refractivity contribution in [3.05, 3.63) is 94.1 Å². The average Bonchev–Trinajstić information content (AvgIpc) is 3.50. The van der Waals surface area contributed by atoms with Gasteiger partial charge in [-0.25, -0.2) is 9.37 Å². The fourth-order valence-electron chi connectivity index (χ4n) is 5.51. The maximum Gasteiger partial charge on any atom is 0.419 e. The minimum atomic E-state index is -4.82. The van der Waals surface area contributed by atoms with Gasteiger partial charge in [0.25, 0.3) is 0 Å². The van der Waals surface area contributed by atoms with Gasteiger partial charge in [-0.3, -0.25) is 9.36 Å². The van der Waals surface area contributed by atoms with Crippen molar-refractivity contribution in [3.63, 3.8) is 0 Å². The van der Waals surface area contributed by atoms with E-state index in [9.17, 15) is 22.4 Å². The molecule has 1 fully saturated rings. The minimum Gasteiger partial charge on any atom is -0.497 e. The van der Waals surface area contributed by atoms with Gasteiger partial charge < -0.3 is 14.5 Å². The van der Waals surface area contributed by atoms with Crippen LogP contribution in [0.1, 0.15) is 42.8 Å². The number of hydrogen-bond donors (Lipinski definition) is 0. The molecular formula is C32H32F4N4O2S. The number of aromatic nitrogens is 2. The number of benzene rings is 3. The molecule has 1 aliphatic heterocycles. The van der Waals surface area contributed by atoms with Crippen LogP contribution >= 0.6 is 12.2 Å². The molecule has 1 aromatic heterocycles. The molecule has 11 heteroatoms. The number of carbonyl (C=O) groups excluding carboxylic acids is 1. The number of nitrogens with zero attached hydrogens (tertiary/aromatic N) is 4. The maximum atomic E-state index is 14.4. The SMILES string of the molecule is COc1ccc(-n2c(C(C)N(CCN3CCCC3)C(=O)Cc3ccc(C(F)(F)F)c(F)c3)nc3ccccc3c2=S)cc1. The van der Waals surface area contributed by atoms with E-state index in [4.69, 9.17) is 21.9 Å². The van der Waals surface area contributed by atoms with E-state index in [1.54, 1.807) is 12.0 Å². The Morgan fingerprint density at radius 2 is 1.77 bits per heavy atom. The third kappa shape index (κ3) is 6.73. The van der Waals surface area contributed by atoms with Crippen molar-refractivity contribution >= 4 is 29.0 Å². The summed E-state index contributed by atoms with van der Waals surface area (Å²) in [5, 5.41) is 0.777. The summed E-state index contributed by atoms with van der Waals surface area (Å²) in [5.41, 5.74) is 0.215. The summed E-state index contributed by atoms with van der Waals surface area (Å²) in [7, 11) is 1.58. The molecule has 1 saturated heterocycles. The van der Waals surface area contributed by atoms with Gasteiger partial charge in [0.15, 0.2) is 0 Å². The van der Waals surface area contributed by atoms with E-state index >= 15 is 0 Å². The predicted octanol–water partition coefficient (Wildman–Crippen LogP) is 7.15. The predicted molar refractivity (Wildman–Crippen MR) is 159 cm³/mol. The highest BCUT2D eigenvalue weighted by molar-refractivity contribution is 7.71. The first-order chi connectivity index (χ1) is 20.6. The zero-order chi connectivity index (χ0) is 30.7. The van der Waals surface area contributed by atoms with E-state index in [1.807, 2.05) is 60.0 Å². The second-order valence-corrected chi connectivity index (χ2v) is 11.0.